The highest BCUT2D eigenvalue weighted by atomic mass is 16.5. The van der Waals surface area contributed by atoms with Crippen LogP contribution in [-0.2, 0) is 9.53 Å². The molecule has 154 valence electrons. The maximum atomic E-state index is 12.5. The number of rotatable bonds is 6. The number of aromatic nitrogens is 3. The van der Waals surface area contributed by atoms with Crippen molar-refractivity contribution in [2.45, 2.75) is 25.7 Å². The van der Waals surface area contributed by atoms with E-state index in [0.717, 1.165) is 63.5 Å². The van der Waals surface area contributed by atoms with Gasteiger partial charge in [0.25, 0.3) is 0 Å². The number of piperidine rings is 1. The first-order valence-corrected chi connectivity index (χ1v) is 10.4. The van der Waals surface area contributed by atoms with Gasteiger partial charge < -0.3 is 20.7 Å². The van der Waals surface area contributed by atoms with Gasteiger partial charge in [-0.2, -0.15) is 0 Å². The normalized spacial score (nSPS) is 20.2. The summed E-state index contributed by atoms with van der Waals surface area (Å²) in [6.45, 7) is 4.26. The lowest BCUT2D eigenvalue weighted by atomic mass is 9.99. The summed E-state index contributed by atoms with van der Waals surface area (Å²) in [5, 5.41) is 9.61. The maximum absolute atomic E-state index is 12.5. The molecule has 2 aliphatic heterocycles. The topological polar surface area (TPSA) is 101 Å². The van der Waals surface area contributed by atoms with Crippen molar-refractivity contribution in [3.63, 3.8) is 0 Å². The molecule has 0 spiro atoms. The number of carbonyl (C=O) groups excluding carboxylic acids is 1. The van der Waals surface area contributed by atoms with Gasteiger partial charge in [0, 0.05) is 32.4 Å². The first-order chi connectivity index (χ1) is 14.3. The standard InChI is InChI=1S/C21H28N6O2/c28-21(16-3-2-8-22-13-16)27-20-11-18(24-14-25-20)17-4-1-5-19(26-17)23-12-15-6-9-29-10-7-15/h1,4-5,11,14-16,22H,2-3,6-10,12-13H2,(H,23,26)(H,24,25,27,28). The van der Waals surface area contributed by atoms with E-state index >= 15 is 0 Å². The SMILES string of the molecule is O=C(Nc1cc(-c2cccc(NCC3CCOCC3)n2)ncn1)C1CCCNC1. The van der Waals surface area contributed by atoms with Crippen LogP contribution < -0.4 is 16.0 Å². The fraction of sp³-hybridized carbons (Fsp3) is 0.524. The van der Waals surface area contributed by atoms with Gasteiger partial charge in [-0.15, -0.1) is 0 Å². The molecular weight excluding hydrogens is 368 g/mol. The maximum Gasteiger partial charge on any atom is 0.229 e. The van der Waals surface area contributed by atoms with Crippen LogP contribution in [0.2, 0.25) is 0 Å². The van der Waals surface area contributed by atoms with E-state index in [0.29, 0.717) is 24.0 Å². The molecule has 4 rings (SSSR count). The van der Waals surface area contributed by atoms with Crippen molar-refractivity contribution < 1.29 is 9.53 Å². The zero-order chi connectivity index (χ0) is 19.9. The summed E-state index contributed by atoms with van der Waals surface area (Å²) in [7, 11) is 0. The summed E-state index contributed by atoms with van der Waals surface area (Å²) in [6.07, 6.45) is 5.55. The predicted molar refractivity (Wildman–Crippen MR) is 112 cm³/mol. The highest BCUT2D eigenvalue weighted by Crippen LogP contribution is 2.21. The summed E-state index contributed by atoms with van der Waals surface area (Å²) in [5.74, 6) is 1.93. The Morgan fingerprint density at radius 2 is 2.03 bits per heavy atom. The van der Waals surface area contributed by atoms with Crippen molar-refractivity contribution in [2.24, 2.45) is 11.8 Å². The Morgan fingerprint density at radius 1 is 1.14 bits per heavy atom. The minimum atomic E-state index is -0.0157. The molecule has 1 unspecified atom stereocenters. The van der Waals surface area contributed by atoms with Crippen molar-refractivity contribution in [3.8, 4) is 11.4 Å². The van der Waals surface area contributed by atoms with Crippen LogP contribution in [0, 0.1) is 11.8 Å². The summed E-state index contributed by atoms with van der Waals surface area (Å²) >= 11 is 0. The fourth-order valence-electron chi connectivity index (χ4n) is 3.74. The van der Waals surface area contributed by atoms with E-state index in [-0.39, 0.29) is 11.8 Å². The van der Waals surface area contributed by atoms with E-state index in [9.17, 15) is 4.79 Å². The Kier molecular flexibility index (Phi) is 6.63. The Morgan fingerprint density at radius 3 is 2.86 bits per heavy atom. The van der Waals surface area contributed by atoms with Crippen LogP contribution in [0.5, 0.6) is 0 Å². The first kappa shape index (κ1) is 19.7. The van der Waals surface area contributed by atoms with Gasteiger partial charge in [-0.3, -0.25) is 4.79 Å². The molecule has 2 saturated heterocycles. The lowest BCUT2D eigenvalue weighted by Gasteiger charge is -2.22. The molecule has 2 fully saturated rings. The van der Waals surface area contributed by atoms with Gasteiger partial charge in [0.2, 0.25) is 5.91 Å². The Bertz CT molecular complexity index is 818. The molecule has 8 nitrogen and oxygen atoms in total. The number of anilines is 2. The summed E-state index contributed by atoms with van der Waals surface area (Å²) in [6, 6.07) is 7.61. The molecule has 0 saturated carbocycles. The number of nitrogens with zero attached hydrogens (tertiary/aromatic N) is 3. The van der Waals surface area contributed by atoms with E-state index < -0.39 is 0 Å². The van der Waals surface area contributed by atoms with Crippen LogP contribution in [0.25, 0.3) is 11.4 Å². The number of hydrogen-bond donors (Lipinski definition) is 3. The van der Waals surface area contributed by atoms with Crippen molar-refractivity contribution in [3.05, 3.63) is 30.6 Å². The number of amides is 1. The minimum absolute atomic E-state index is 0.00156. The third-order valence-corrected chi connectivity index (χ3v) is 5.51. The zero-order valence-electron chi connectivity index (χ0n) is 16.6. The molecule has 0 aromatic carbocycles. The molecule has 0 radical (unpaired) electrons. The van der Waals surface area contributed by atoms with E-state index in [1.165, 1.54) is 6.33 Å². The zero-order valence-corrected chi connectivity index (χ0v) is 16.6. The molecule has 3 N–H and O–H groups in total. The molecule has 2 aliphatic rings. The minimum Gasteiger partial charge on any atom is -0.381 e. The number of ether oxygens (including phenoxy) is 1. The van der Waals surface area contributed by atoms with Gasteiger partial charge in [0.05, 0.1) is 17.3 Å². The number of hydrogen-bond acceptors (Lipinski definition) is 7. The largest absolute Gasteiger partial charge is 0.381 e. The lowest BCUT2D eigenvalue weighted by molar-refractivity contribution is -0.120. The second-order valence-corrected chi connectivity index (χ2v) is 7.67. The first-order valence-electron chi connectivity index (χ1n) is 10.4. The average Bonchev–Trinajstić information content (AvgIpc) is 2.79. The lowest BCUT2D eigenvalue weighted by Crippen LogP contribution is -2.37. The second-order valence-electron chi connectivity index (χ2n) is 7.67. The molecule has 0 aliphatic carbocycles. The smallest absolute Gasteiger partial charge is 0.229 e. The average molecular weight is 396 g/mol. The Labute approximate surface area is 170 Å². The van der Waals surface area contributed by atoms with Crippen molar-refractivity contribution in [2.75, 3.05) is 43.5 Å². The molecule has 1 amide bonds. The van der Waals surface area contributed by atoms with Gasteiger partial charge in [-0.25, -0.2) is 15.0 Å². The summed E-state index contributed by atoms with van der Waals surface area (Å²) < 4.78 is 5.41. The van der Waals surface area contributed by atoms with Crippen LogP contribution in [0.3, 0.4) is 0 Å². The van der Waals surface area contributed by atoms with E-state index in [2.05, 4.69) is 30.9 Å². The molecule has 2 aromatic heterocycles. The van der Waals surface area contributed by atoms with Gasteiger partial charge in [-0.05, 0) is 50.3 Å². The molecule has 4 heterocycles. The van der Waals surface area contributed by atoms with Crippen molar-refractivity contribution in [1.29, 1.82) is 0 Å². The van der Waals surface area contributed by atoms with E-state index in [4.69, 9.17) is 4.74 Å². The van der Waals surface area contributed by atoms with Crippen LogP contribution in [0.15, 0.2) is 30.6 Å². The van der Waals surface area contributed by atoms with Crippen molar-refractivity contribution in [1.82, 2.24) is 20.3 Å². The van der Waals surface area contributed by atoms with Crippen molar-refractivity contribution >= 4 is 17.5 Å². The fourth-order valence-corrected chi connectivity index (χ4v) is 3.74. The summed E-state index contributed by atoms with van der Waals surface area (Å²) in [4.78, 5) is 25.7. The number of nitrogens with one attached hydrogen (secondary N) is 3. The summed E-state index contributed by atoms with van der Waals surface area (Å²) in [5.41, 5.74) is 1.44. The predicted octanol–water partition coefficient (Wildman–Crippen LogP) is 2.32. The monoisotopic (exact) mass is 396 g/mol. The van der Waals surface area contributed by atoms with E-state index in [1.54, 1.807) is 6.07 Å². The third-order valence-electron chi connectivity index (χ3n) is 5.51. The van der Waals surface area contributed by atoms with Crippen LogP contribution in [0.4, 0.5) is 11.6 Å². The quantitative estimate of drug-likeness (QED) is 0.689. The third kappa shape index (κ3) is 5.48. The second kappa shape index (κ2) is 9.76. The molecule has 8 heteroatoms. The molecule has 2 aromatic rings. The van der Waals surface area contributed by atoms with Gasteiger partial charge in [-0.1, -0.05) is 6.07 Å². The van der Waals surface area contributed by atoms with Gasteiger partial charge in [0.15, 0.2) is 0 Å². The molecule has 1 atom stereocenters. The number of pyridine rings is 1. The highest BCUT2D eigenvalue weighted by molar-refractivity contribution is 5.92. The van der Waals surface area contributed by atoms with Crippen LogP contribution >= 0.6 is 0 Å². The van der Waals surface area contributed by atoms with Gasteiger partial charge >= 0.3 is 0 Å². The van der Waals surface area contributed by atoms with E-state index in [1.807, 2.05) is 18.2 Å². The van der Waals surface area contributed by atoms with Crippen LogP contribution in [0.1, 0.15) is 25.7 Å². The Balaban J connectivity index is 1.40. The van der Waals surface area contributed by atoms with Gasteiger partial charge in [0.1, 0.15) is 18.0 Å². The molecule has 29 heavy (non-hydrogen) atoms. The molecule has 0 bridgehead atoms. The Hall–Kier alpha value is -2.58. The molecular formula is C21H28N6O2. The number of carbonyl (C=O) groups is 1. The van der Waals surface area contributed by atoms with Crippen LogP contribution in [-0.4, -0.2) is 53.7 Å². The highest BCUT2D eigenvalue weighted by Gasteiger charge is 2.21.